The molecule has 4 heteroatoms. The Balaban J connectivity index is 2.34. The Hall–Kier alpha value is -1.81. The van der Waals surface area contributed by atoms with Crippen LogP contribution in [0.5, 0.6) is 11.5 Å². The van der Waals surface area contributed by atoms with Gasteiger partial charge in [-0.2, -0.15) is 0 Å². The second-order valence-electron chi connectivity index (χ2n) is 5.02. The van der Waals surface area contributed by atoms with Crippen LogP contribution in [-0.4, -0.2) is 44.0 Å². The number of rotatable bonds is 5. The number of ketones is 1. The van der Waals surface area contributed by atoms with Crippen molar-refractivity contribution in [3.05, 3.63) is 29.3 Å². The molecular formula is C17H23NO3. The number of Topliss-reactive ketones (excluding diaryl/α,β-unsaturated/α-hetero) is 1. The highest BCUT2D eigenvalue weighted by molar-refractivity contribution is 6.01. The number of likely N-dealkylation sites (tertiary alicyclic amines) is 1. The van der Waals surface area contributed by atoms with Gasteiger partial charge in [0.25, 0.3) is 0 Å². The van der Waals surface area contributed by atoms with Crippen LogP contribution in [0.1, 0.15) is 25.8 Å². The molecule has 0 unspecified atom stereocenters. The molecule has 0 aliphatic carbocycles. The van der Waals surface area contributed by atoms with E-state index >= 15 is 0 Å². The third kappa shape index (κ3) is 3.64. The zero-order valence-electron chi connectivity index (χ0n) is 13.0. The maximum atomic E-state index is 12.1. The van der Waals surface area contributed by atoms with E-state index < -0.39 is 0 Å². The van der Waals surface area contributed by atoms with Crippen LogP contribution in [0.25, 0.3) is 6.08 Å². The molecule has 1 aromatic rings. The maximum Gasteiger partial charge on any atom is 0.167 e. The smallest absolute Gasteiger partial charge is 0.167 e. The number of para-hydroxylation sites is 1. The van der Waals surface area contributed by atoms with Crippen LogP contribution >= 0.6 is 0 Å². The van der Waals surface area contributed by atoms with E-state index in [1.165, 1.54) is 0 Å². The summed E-state index contributed by atoms with van der Waals surface area (Å²) in [7, 11) is 1.63. The molecule has 0 spiro atoms. The lowest BCUT2D eigenvalue weighted by Crippen LogP contribution is -2.35. The van der Waals surface area contributed by atoms with Gasteiger partial charge in [-0.15, -0.1) is 0 Å². The van der Waals surface area contributed by atoms with Crippen LogP contribution in [0.3, 0.4) is 0 Å². The molecule has 0 aromatic heterocycles. The molecule has 0 amide bonds. The lowest BCUT2D eigenvalue weighted by Gasteiger charge is -2.26. The molecule has 0 radical (unpaired) electrons. The van der Waals surface area contributed by atoms with Gasteiger partial charge in [0.1, 0.15) is 0 Å². The Morgan fingerprint density at radius 2 is 2.14 bits per heavy atom. The Kier molecular flexibility index (Phi) is 5.39. The van der Waals surface area contributed by atoms with E-state index in [1.807, 2.05) is 31.2 Å². The Labute approximate surface area is 126 Å². The van der Waals surface area contributed by atoms with E-state index in [0.29, 0.717) is 31.1 Å². The fourth-order valence-electron chi connectivity index (χ4n) is 2.55. The van der Waals surface area contributed by atoms with Crippen molar-refractivity contribution in [3.63, 3.8) is 0 Å². The summed E-state index contributed by atoms with van der Waals surface area (Å²) in [5.74, 6) is 1.63. The third-order valence-electron chi connectivity index (χ3n) is 3.70. The highest BCUT2D eigenvalue weighted by Crippen LogP contribution is 2.33. The van der Waals surface area contributed by atoms with E-state index in [2.05, 4.69) is 11.8 Å². The van der Waals surface area contributed by atoms with Gasteiger partial charge in [-0.05, 0) is 25.6 Å². The minimum Gasteiger partial charge on any atom is -0.492 e. The van der Waals surface area contributed by atoms with Crippen LogP contribution in [0.2, 0.25) is 0 Å². The molecule has 1 aromatic carbocycles. The minimum atomic E-state index is 0.226. The second-order valence-corrected chi connectivity index (χ2v) is 5.02. The van der Waals surface area contributed by atoms with Crippen LogP contribution in [0, 0.1) is 0 Å². The number of hydrogen-bond acceptors (Lipinski definition) is 4. The number of nitrogens with zero attached hydrogens (tertiary/aromatic N) is 1. The average Bonchev–Trinajstić information content (AvgIpc) is 2.50. The first kappa shape index (κ1) is 15.6. The summed E-state index contributed by atoms with van der Waals surface area (Å²) < 4.78 is 11.0. The van der Waals surface area contributed by atoms with Crippen molar-refractivity contribution < 1.29 is 14.3 Å². The molecule has 21 heavy (non-hydrogen) atoms. The van der Waals surface area contributed by atoms with E-state index in [-0.39, 0.29) is 5.78 Å². The molecule has 1 aliphatic rings. The third-order valence-corrected chi connectivity index (χ3v) is 3.70. The SMILES string of the molecule is CCOc1cccc(/C=C2\CN(CC)CCC2=O)c1OC. The topological polar surface area (TPSA) is 38.8 Å². The van der Waals surface area contributed by atoms with E-state index in [0.717, 1.165) is 24.2 Å². The number of likely N-dealkylation sites (N-methyl/N-ethyl adjacent to an activating group) is 1. The van der Waals surface area contributed by atoms with Crippen molar-refractivity contribution in [2.45, 2.75) is 20.3 Å². The largest absolute Gasteiger partial charge is 0.492 e. The Bertz CT molecular complexity index is 537. The van der Waals surface area contributed by atoms with Crippen molar-refractivity contribution in [2.24, 2.45) is 0 Å². The second kappa shape index (κ2) is 7.27. The number of hydrogen-bond donors (Lipinski definition) is 0. The summed E-state index contributed by atoms with van der Waals surface area (Å²) in [4.78, 5) is 14.4. The summed E-state index contributed by atoms with van der Waals surface area (Å²) in [6.45, 7) is 7.15. The monoisotopic (exact) mass is 289 g/mol. The molecule has 1 saturated heterocycles. The number of carbonyl (C=O) groups excluding carboxylic acids is 1. The van der Waals surface area contributed by atoms with Gasteiger partial charge < -0.3 is 9.47 Å². The average molecular weight is 289 g/mol. The van der Waals surface area contributed by atoms with Gasteiger partial charge in [0.15, 0.2) is 17.3 Å². The number of methoxy groups -OCH3 is 1. The zero-order valence-corrected chi connectivity index (χ0v) is 13.0. The molecule has 0 bridgehead atoms. The first-order chi connectivity index (χ1) is 10.2. The van der Waals surface area contributed by atoms with Gasteiger partial charge >= 0.3 is 0 Å². The summed E-state index contributed by atoms with van der Waals surface area (Å²) in [6.07, 6.45) is 2.53. The molecule has 0 saturated carbocycles. The van der Waals surface area contributed by atoms with Crippen LogP contribution in [0.15, 0.2) is 23.8 Å². The summed E-state index contributed by atoms with van der Waals surface area (Å²) >= 11 is 0. The van der Waals surface area contributed by atoms with Gasteiger partial charge in [0.05, 0.1) is 13.7 Å². The molecular weight excluding hydrogens is 266 g/mol. The molecule has 0 atom stereocenters. The predicted molar refractivity (Wildman–Crippen MR) is 83.9 cm³/mol. The first-order valence-corrected chi connectivity index (χ1v) is 7.45. The van der Waals surface area contributed by atoms with Crippen molar-refractivity contribution in [2.75, 3.05) is 33.4 Å². The van der Waals surface area contributed by atoms with Crippen LogP contribution < -0.4 is 9.47 Å². The van der Waals surface area contributed by atoms with Gasteiger partial charge in [-0.1, -0.05) is 19.1 Å². The van der Waals surface area contributed by atoms with Crippen molar-refractivity contribution in [1.29, 1.82) is 0 Å². The van der Waals surface area contributed by atoms with Gasteiger partial charge in [-0.3, -0.25) is 9.69 Å². The van der Waals surface area contributed by atoms with Crippen molar-refractivity contribution in [1.82, 2.24) is 4.90 Å². The molecule has 0 N–H and O–H groups in total. The zero-order chi connectivity index (χ0) is 15.2. The van der Waals surface area contributed by atoms with Crippen LogP contribution in [-0.2, 0) is 4.79 Å². The summed E-state index contributed by atoms with van der Waals surface area (Å²) in [5, 5.41) is 0. The summed E-state index contributed by atoms with van der Waals surface area (Å²) in [5.41, 5.74) is 1.74. The number of carbonyl (C=O) groups is 1. The Morgan fingerprint density at radius 1 is 1.33 bits per heavy atom. The van der Waals surface area contributed by atoms with Gasteiger partial charge in [0, 0.05) is 30.6 Å². The number of piperidine rings is 1. The van der Waals surface area contributed by atoms with E-state index in [9.17, 15) is 4.79 Å². The first-order valence-electron chi connectivity index (χ1n) is 7.45. The van der Waals surface area contributed by atoms with E-state index in [4.69, 9.17) is 9.47 Å². The number of ether oxygens (including phenoxy) is 2. The lowest BCUT2D eigenvalue weighted by atomic mass is 10.00. The van der Waals surface area contributed by atoms with Crippen LogP contribution in [0.4, 0.5) is 0 Å². The minimum absolute atomic E-state index is 0.226. The van der Waals surface area contributed by atoms with Crippen molar-refractivity contribution in [3.8, 4) is 11.5 Å². The fourth-order valence-corrected chi connectivity index (χ4v) is 2.55. The molecule has 1 fully saturated rings. The highest BCUT2D eigenvalue weighted by Gasteiger charge is 2.21. The molecule has 2 rings (SSSR count). The normalized spacial score (nSPS) is 18.0. The lowest BCUT2D eigenvalue weighted by molar-refractivity contribution is -0.117. The van der Waals surface area contributed by atoms with Gasteiger partial charge in [0.2, 0.25) is 0 Å². The van der Waals surface area contributed by atoms with E-state index in [1.54, 1.807) is 7.11 Å². The highest BCUT2D eigenvalue weighted by atomic mass is 16.5. The molecule has 1 heterocycles. The van der Waals surface area contributed by atoms with Gasteiger partial charge in [-0.25, -0.2) is 0 Å². The Morgan fingerprint density at radius 3 is 2.81 bits per heavy atom. The standard InChI is InChI=1S/C17H23NO3/c1-4-18-10-9-15(19)14(12-18)11-13-7-6-8-16(21-5-2)17(13)20-3/h6-8,11H,4-5,9-10,12H2,1-3H3/b14-11+. The molecule has 114 valence electrons. The molecule has 4 nitrogen and oxygen atoms in total. The fraction of sp³-hybridized carbons (Fsp3) is 0.471. The summed E-state index contributed by atoms with van der Waals surface area (Å²) in [6, 6.07) is 5.75. The quantitative estimate of drug-likeness (QED) is 0.781. The molecule has 1 aliphatic heterocycles. The van der Waals surface area contributed by atoms with Crippen molar-refractivity contribution >= 4 is 11.9 Å². The number of benzene rings is 1. The maximum absolute atomic E-state index is 12.1. The predicted octanol–water partition coefficient (Wildman–Crippen LogP) is 2.77.